The van der Waals surface area contributed by atoms with Crippen LogP contribution in [-0.2, 0) is 9.53 Å². The van der Waals surface area contributed by atoms with E-state index < -0.39 is 0 Å². The molecule has 1 atom stereocenters. The summed E-state index contributed by atoms with van der Waals surface area (Å²) in [5.74, 6) is 1.52. The van der Waals surface area contributed by atoms with E-state index in [9.17, 15) is 4.79 Å². The molecule has 1 aromatic carbocycles. The van der Waals surface area contributed by atoms with Gasteiger partial charge in [0, 0.05) is 18.2 Å². The van der Waals surface area contributed by atoms with Crippen LogP contribution in [0, 0.1) is 0 Å². The molecule has 0 N–H and O–H groups in total. The predicted octanol–water partition coefficient (Wildman–Crippen LogP) is 2.40. The fourth-order valence-electron chi connectivity index (χ4n) is 2.88. The summed E-state index contributed by atoms with van der Waals surface area (Å²) in [6.07, 6.45) is 2.59. The number of carbonyl (C=O) groups is 1. The number of rotatable bonds is 6. The number of hydrogen-bond donors (Lipinski definition) is 0. The van der Waals surface area contributed by atoms with Crippen LogP contribution in [0.15, 0.2) is 18.2 Å². The number of likely N-dealkylation sites (tertiary alicyclic amines) is 1. The van der Waals surface area contributed by atoms with Gasteiger partial charge >= 0.3 is 5.97 Å². The van der Waals surface area contributed by atoms with Crippen molar-refractivity contribution in [3.63, 3.8) is 0 Å². The van der Waals surface area contributed by atoms with E-state index in [-0.39, 0.29) is 12.0 Å². The van der Waals surface area contributed by atoms with Gasteiger partial charge in [-0.05, 0) is 37.6 Å². The molecule has 1 aliphatic rings. The number of methoxy groups -OCH3 is 3. The Bertz CT molecular complexity index is 489. The maximum absolute atomic E-state index is 11.3. The van der Waals surface area contributed by atoms with Gasteiger partial charge in [-0.15, -0.1) is 0 Å². The second-order valence-electron chi connectivity index (χ2n) is 5.13. The van der Waals surface area contributed by atoms with Crippen LogP contribution in [0.5, 0.6) is 11.5 Å². The lowest BCUT2D eigenvalue weighted by Gasteiger charge is -2.26. The number of esters is 1. The zero-order chi connectivity index (χ0) is 15.2. The predicted molar refractivity (Wildman–Crippen MR) is 79.7 cm³/mol. The number of ether oxygens (including phenoxy) is 3. The van der Waals surface area contributed by atoms with Crippen LogP contribution in [0.3, 0.4) is 0 Å². The molecule has 0 saturated carbocycles. The van der Waals surface area contributed by atoms with Crippen molar-refractivity contribution < 1.29 is 19.0 Å². The topological polar surface area (TPSA) is 48.0 Å². The van der Waals surface area contributed by atoms with Gasteiger partial charge in [0.2, 0.25) is 0 Å². The van der Waals surface area contributed by atoms with Gasteiger partial charge in [-0.25, -0.2) is 0 Å². The minimum Gasteiger partial charge on any atom is -0.497 e. The number of hydrogen-bond acceptors (Lipinski definition) is 5. The molecule has 0 aliphatic carbocycles. The standard InChI is InChI=1S/C16H23NO4/c1-19-12-6-7-15(20-2)13(11-12)14-5-4-9-17(14)10-8-16(18)21-3/h6-7,11,14H,4-5,8-10H2,1-3H3. The van der Waals surface area contributed by atoms with Crippen molar-refractivity contribution in [1.82, 2.24) is 4.90 Å². The number of benzene rings is 1. The molecule has 1 unspecified atom stereocenters. The van der Waals surface area contributed by atoms with Crippen molar-refractivity contribution in [2.45, 2.75) is 25.3 Å². The third kappa shape index (κ3) is 3.67. The Morgan fingerprint density at radius 2 is 2.10 bits per heavy atom. The first kappa shape index (κ1) is 15.6. The zero-order valence-electron chi connectivity index (χ0n) is 12.9. The smallest absolute Gasteiger partial charge is 0.306 e. The molecular formula is C16H23NO4. The van der Waals surface area contributed by atoms with E-state index in [1.807, 2.05) is 18.2 Å². The second-order valence-corrected chi connectivity index (χ2v) is 5.13. The zero-order valence-corrected chi connectivity index (χ0v) is 12.9. The summed E-state index contributed by atoms with van der Waals surface area (Å²) in [4.78, 5) is 13.7. The highest BCUT2D eigenvalue weighted by Gasteiger charge is 2.28. The molecule has 1 saturated heterocycles. The Hall–Kier alpha value is -1.75. The van der Waals surface area contributed by atoms with Crippen molar-refractivity contribution in [1.29, 1.82) is 0 Å². The van der Waals surface area contributed by atoms with E-state index in [0.29, 0.717) is 13.0 Å². The average Bonchev–Trinajstić information content (AvgIpc) is 3.00. The first-order valence-corrected chi connectivity index (χ1v) is 7.22. The van der Waals surface area contributed by atoms with E-state index >= 15 is 0 Å². The maximum atomic E-state index is 11.3. The number of nitrogens with zero attached hydrogens (tertiary/aromatic N) is 1. The summed E-state index contributed by atoms with van der Waals surface area (Å²) < 4.78 is 15.5. The summed E-state index contributed by atoms with van der Waals surface area (Å²) in [7, 11) is 4.77. The van der Waals surface area contributed by atoms with Gasteiger partial charge in [-0.3, -0.25) is 9.69 Å². The monoisotopic (exact) mass is 293 g/mol. The van der Waals surface area contributed by atoms with Gasteiger partial charge in [-0.2, -0.15) is 0 Å². The van der Waals surface area contributed by atoms with Crippen molar-refractivity contribution in [3.05, 3.63) is 23.8 Å². The molecule has 2 rings (SSSR count). The van der Waals surface area contributed by atoms with Crippen LogP contribution < -0.4 is 9.47 Å². The summed E-state index contributed by atoms with van der Waals surface area (Å²) in [6, 6.07) is 6.13. The first-order valence-electron chi connectivity index (χ1n) is 7.22. The molecule has 0 spiro atoms. The van der Waals surface area contributed by atoms with E-state index in [1.54, 1.807) is 14.2 Å². The largest absolute Gasteiger partial charge is 0.497 e. The van der Waals surface area contributed by atoms with E-state index in [1.165, 1.54) is 7.11 Å². The summed E-state index contributed by atoms with van der Waals surface area (Å²) in [5.41, 5.74) is 1.12. The molecule has 0 bridgehead atoms. The highest BCUT2D eigenvalue weighted by molar-refractivity contribution is 5.69. The summed E-state index contributed by atoms with van der Waals surface area (Å²) >= 11 is 0. The van der Waals surface area contributed by atoms with Gasteiger partial charge in [0.25, 0.3) is 0 Å². The van der Waals surface area contributed by atoms with E-state index in [2.05, 4.69) is 4.90 Å². The molecule has 0 amide bonds. The van der Waals surface area contributed by atoms with Crippen molar-refractivity contribution in [3.8, 4) is 11.5 Å². The Morgan fingerprint density at radius 1 is 1.29 bits per heavy atom. The Balaban J connectivity index is 2.16. The average molecular weight is 293 g/mol. The van der Waals surface area contributed by atoms with E-state index in [4.69, 9.17) is 14.2 Å². The third-order valence-corrected chi connectivity index (χ3v) is 3.99. The summed E-state index contributed by atoms with van der Waals surface area (Å²) in [6.45, 7) is 1.69. The highest BCUT2D eigenvalue weighted by Crippen LogP contribution is 2.38. The van der Waals surface area contributed by atoms with Crippen molar-refractivity contribution in [2.24, 2.45) is 0 Å². The number of carbonyl (C=O) groups excluding carboxylic acids is 1. The SMILES string of the molecule is COC(=O)CCN1CCCC1c1cc(OC)ccc1OC. The fraction of sp³-hybridized carbons (Fsp3) is 0.562. The quantitative estimate of drug-likeness (QED) is 0.754. The van der Waals surface area contributed by atoms with Gasteiger partial charge < -0.3 is 14.2 Å². The summed E-state index contributed by atoms with van der Waals surface area (Å²) in [5, 5.41) is 0. The first-order chi connectivity index (χ1) is 10.2. The molecule has 0 aromatic heterocycles. The van der Waals surface area contributed by atoms with Crippen LogP contribution in [0.2, 0.25) is 0 Å². The normalized spacial score (nSPS) is 18.5. The molecule has 1 aliphatic heterocycles. The lowest BCUT2D eigenvalue weighted by molar-refractivity contribution is -0.141. The van der Waals surface area contributed by atoms with Crippen LogP contribution >= 0.6 is 0 Å². The van der Waals surface area contributed by atoms with E-state index in [0.717, 1.165) is 36.4 Å². The Labute approximate surface area is 125 Å². The van der Waals surface area contributed by atoms with Gasteiger partial charge in [-0.1, -0.05) is 0 Å². The van der Waals surface area contributed by atoms with Crippen molar-refractivity contribution >= 4 is 5.97 Å². The van der Waals surface area contributed by atoms with Gasteiger partial charge in [0.05, 0.1) is 27.8 Å². The maximum Gasteiger partial charge on any atom is 0.306 e. The van der Waals surface area contributed by atoms with Gasteiger partial charge in [0.15, 0.2) is 0 Å². The highest BCUT2D eigenvalue weighted by atomic mass is 16.5. The minimum atomic E-state index is -0.168. The third-order valence-electron chi connectivity index (χ3n) is 3.99. The lowest BCUT2D eigenvalue weighted by Crippen LogP contribution is -2.26. The van der Waals surface area contributed by atoms with Crippen LogP contribution in [0.1, 0.15) is 30.9 Å². The van der Waals surface area contributed by atoms with Crippen molar-refractivity contribution in [2.75, 3.05) is 34.4 Å². The molecule has 21 heavy (non-hydrogen) atoms. The van der Waals surface area contributed by atoms with Crippen LogP contribution in [0.25, 0.3) is 0 Å². The Kier molecular flexibility index (Phi) is 5.44. The molecule has 0 radical (unpaired) electrons. The molecule has 1 aromatic rings. The molecule has 5 heteroatoms. The molecular weight excluding hydrogens is 270 g/mol. The molecule has 1 heterocycles. The minimum absolute atomic E-state index is 0.168. The van der Waals surface area contributed by atoms with Crippen LogP contribution in [-0.4, -0.2) is 45.3 Å². The molecule has 5 nitrogen and oxygen atoms in total. The second kappa shape index (κ2) is 7.31. The fourth-order valence-corrected chi connectivity index (χ4v) is 2.88. The van der Waals surface area contributed by atoms with Gasteiger partial charge in [0.1, 0.15) is 11.5 Å². The lowest BCUT2D eigenvalue weighted by atomic mass is 10.0. The Morgan fingerprint density at radius 3 is 2.76 bits per heavy atom. The molecule has 1 fully saturated rings. The molecule has 116 valence electrons. The van der Waals surface area contributed by atoms with Crippen LogP contribution in [0.4, 0.5) is 0 Å².